The molecule has 1 amide bonds. The molecular formula is C72H122N2O6P+. The molecule has 3 unspecified atom stereocenters. The summed E-state index contributed by atoms with van der Waals surface area (Å²) in [7, 11) is 1.52. The molecule has 0 saturated carbocycles. The van der Waals surface area contributed by atoms with Crippen molar-refractivity contribution < 1.29 is 32.9 Å². The second kappa shape index (κ2) is 60.7. The van der Waals surface area contributed by atoms with E-state index in [2.05, 4.69) is 165 Å². The normalized spacial score (nSPS) is 14.8. The molecule has 0 aromatic rings. The summed E-state index contributed by atoms with van der Waals surface area (Å²) in [6.45, 7) is 4.66. The average Bonchev–Trinajstić information content (AvgIpc) is 3.43. The van der Waals surface area contributed by atoms with Gasteiger partial charge < -0.3 is 19.8 Å². The standard InChI is InChI=1S/C72H121N2O6P/c1-6-8-10-12-14-16-18-20-22-24-26-28-29-30-31-32-33-34-35-36-37-38-39-40-41-42-43-44-45-46-48-50-52-54-56-58-60-62-64-66-72(76)73-70(69-80-81(77,78)79-68-67-74(3,4)5)71(75)65-63-61-59-57-55-53-51-49-47-27-25-23-21-19-17-15-13-11-9-7-2/h8,10,14,16,20,22,26,28,30-31,33-34,36-37,39-40,42-43,45-46,50,52,55,57,63,65,70-71,75H,6-7,9,11-13,15,17-19,21,23-25,27,29,32,35,38,41,44,47-49,51,53-54,56,58-62,64,66-69H2,1-5H3,(H-,73,76,77,78)/p+1/b10-8-,16-14-,22-20-,28-26-,31-30-,34-33-,37-36-,40-39-,43-42-,46-45-,52-50-,57-55+,65-63+. The van der Waals surface area contributed by atoms with Gasteiger partial charge in [-0.2, -0.15) is 0 Å². The van der Waals surface area contributed by atoms with Gasteiger partial charge >= 0.3 is 7.82 Å². The Kier molecular flexibility index (Phi) is 57.8. The number of rotatable bonds is 57. The van der Waals surface area contributed by atoms with Gasteiger partial charge in [-0.05, 0) is 116 Å². The molecule has 8 nitrogen and oxygen atoms in total. The van der Waals surface area contributed by atoms with Crippen molar-refractivity contribution in [3.63, 3.8) is 0 Å². The molecule has 0 bridgehead atoms. The molecule has 0 fully saturated rings. The summed E-state index contributed by atoms with van der Waals surface area (Å²) in [5.41, 5.74) is 0. The summed E-state index contributed by atoms with van der Waals surface area (Å²) >= 11 is 0. The highest BCUT2D eigenvalue weighted by Gasteiger charge is 2.27. The van der Waals surface area contributed by atoms with Crippen molar-refractivity contribution >= 4 is 13.7 Å². The maximum Gasteiger partial charge on any atom is 0.472 e. The lowest BCUT2D eigenvalue weighted by Gasteiger charge is -2.25. The van der Waals surface area contributed by atoms with Gasteiger partial charge in [-0.3, -0.25) is 13.8 Å². The average molecular weight is 1140 g/mol. The van der Waals surface area contributed by atoms with Crippen LogP contribution in [0, 0.1) is 0 Å². The lowest BCUT2D eigenvalue weighted by molar-refractivity contribution is -0.870. The number of quaternary nitrogens is 1. The van der Waals surface area contributed by atoms with Crippen LogP contribution in [0.25, 0.3) is 0 Å². The second-order valence-corrected chi connectivity index (χ2v) is 23.8. The number of hydrogen-bond donors (Lipinski definition) is 3. The van der Waals surface area contributed by atoms with Gasteiger partial charge in [0.1, 0.15) is 13.2 Å². The molecular weight excluding hydrogens is 1020 g/mol. The molecule has 0 spiro atoms. The molecule has 460 valence electrons. The van der Waals surface area contributed by atoms with E-state index in [9.17, 15) is 19.4 Å². The molecule has 0 radical (unpaired) electrons. The fraction of sp³-hybridized carbons (Fsp3) is 0.625. The molecule has 0 rings (SSSR count). The SMILES string of the molecule is CC/C=C\C/C=C\C/C=C\C/C=C\C/C=C\C/C=C\C/C=C\C/C=C\C/C=C\C/C=C\C/C=C\CCCCCCCC(=O)NC(COP(=O)(O)OCC[N+](C)(C)C)C(O)/C=C/CC/C=C/CCCCCCCCCCCCCCCC. The Morgan fingerprint density at radius 3 is 1.14 bits per heavy atom. The predicted molar refractivity (Wildman–Crippen MR) is 354 cm³/mol. The van der Waals surface area contributed by atoms with Crippen molar-refractivity contribution in [3.8, 4) is 0 Å². The number of carbonyl (C=O) groups excluding carboxylic acids is 1. The summed E-state index contributed by atoms with van der Waals surface area (Å²) in [6.07, 6.45) is 95.1. The Hall–Kier alpha value is -3.88. The first-order valence-electron chi connectivity index (χ1n) is 32.4. The van der Waals surface area contributed by atoms with Gasteiger partial charge in [-0.25, -0.2) is 4.57 Å². The summed E-state index contributed by atoms with van der Waals surface area (Å²) < 4.78 is 23.7. The van der Waals surface area contributed by atoms with Crippen molar-refractivity contribution in [2.75, 3.05) is 40.9 Å². The number of likely N-dealkylation sites (N-methyl/N-ethyl adjacent to an activating group) is 1. The number of nitrogens with one attached hydrogen (secondary N) is 1. The molecule has 0 aliphatic carbocycles. The van der Waals surface area contributed by atoms with Crippen LogP contribution in [0.2, 0.25) is 0 Å². The maximum absolute atomic E-state index is 13.0. The van der Waals surface area contributed by atoms with Gasteiger partial charge in [-0.15, -0.1) is 0 Å². The molecule has 3 N–H and O–H groups in total. The zero-order valence-corrected chi connectivity index (χ0v) is 53.4. The summed E-state index contributed by atoms with van der Waals surface area (Å²) in [5, 5.41) is 13.9. The fourth-order valence-corrected chi connectivity index (χ4v) is 9.21. The number of aliphatic hydroxyl groups is 1. The second-order valence-electron chi connectivity index (χ2n) is 22.4. The molecule has 81 heavy (non-hydrogen) atoms. The van der Waals surface area contributed by atoms with Crippen molar-refractivity contribution in [3.05, 3.63) is 158 Å². The Morgan fingerprint density at radius 1 is 0.432 bits per heavy atom. The van der Waals surface area contributed by atoms with E-state index in [4.69, 9.17) is 9.05 Å². The summed E-state index contributed by atoms with van der Waals surface area (Å²) in [5.74, 6) is -0.211. The number of carbonyl (C=O) groups is 1. The van der Waals surface area contributed by atoms with Gasteiger partial charge in [0.25, 0.3) is 0 Å². The third kappa shape index (κ3) is 63.5. The molecule has 3 atom stereocenters. The van der Waals surface area contributed by atoms with Crippen LogP contribution in [0.5, 0.6) is 0 Å². The predicted octanol–water partition coefficient (Wildman–Crippen LogP) is 20.6. The Labute approximate surface area is 499 Å². The van der Waals surface area contributed by atoms with E-state index >= 15 is 0 Å². The zero-order chi connectivity index (χ0) is 59.1. The highest BCUT2D eigenvalue weighted by Crippen LogP contribution is 2.43. The molecule has 0 heterocycles. The van der Waals surface area contributed by atoms with Crippen molar-refractivity contribution in [2.45, 2.75) is 251 Å². The number of unbranched alkanes of at least 4 members (excludes halogenated alkanes) is 20. The molecule has 0 saturated heterocycles. The van der Waals surface area contributed by atoms with E-state index < -0.39 is 20.0 Å². The number of hydrogen-bond acceptors (Lipinski definition) is 5. The highest BCUT2D eigenvalue weighted by molar-refractivity contribution is 7.47. The third-order valence-corrected chi connectivity index (χ3v) is 14.5. The first-order valence-corrected chi connectivity index (χ1v) is 33.9. The van der Waals surface area contributed by atoms with E-state index in [-0.39, 0.29) is 19.1 Å². The Morgan fingerprint density at radius 2 is 0.753 bits per heavy atom. The van der Waals surface area contributed by atoms with Gasteiger partial charge in [0.2, 0.25) is 5.91 Å². The van der Waals surface area contributed by atoms with Crippen molar-refractivity contribution in [1.29, 1.82) is 0 Å². The number of allylic oxidation sites excluding steroid dienone is 25. The van der Waals surface area contributed by atoms with Crippen LogP contribution in [-0.2, 0) is 18.4 Å². The van der Waals surface area contributed by atoms with Crippen LogP contribution in [0.15, 0.2) is 158 Å². The van der Waals surface area contributed by atoms with E-state index in [1.54, 1.807) is 6.08 Å². The van der Waals surface area contributed by atoms with E-state index in [1.807, 2.05) is 27.2 Å². The quantitative estimate of drug-likeness (QED) is 0.0243. The minimum absolute atomic E-state index is 0.0438. The minimum Gasteiger partial charge on any atom is -0.387 e. The van der Waals surface area contributed by atoms with Gasteiger partial charge in [0.05, 0.1) is 39.9 Å². The number of phosphoric ester groups is 1. The monoisotopic (exact) mass is 1140 g/mol. The van der Waals surface area contributed by atoms with Crippen LogP contribution in [0.1, 0.15) is 239 Å². The fourth-order valence-electron chi connectivity index (χ4n) is 8.47. The molecule has 9 heteroatoms. The maximum atomic E-state index is 13.0. The van der Waals surface area contributed by atoms with Gasteiger partial charge in [-0.1, -0.05) is 275 Å². The largest absolute Gasteiger partial charge is 0.472 e. The van der Waals surface area contributed by atoms with E-state index in [0.717, 1.165) is 128 Å². The number of phosphoric acid groups is 1. The topological polar surface area (TPSA) is 105 Å². The molecule has 0 aromatic heterocycles. The first kappa shape index (κ1) is 77.1. The zero-order valence-electron chi connectivity index (χ0n) is 52.5. The van der Waals surface area contributed by atoms with Crippen molar-refractivity contribution in [2.24, 2.45) is 0 Å². The summed E-state index contributed by atoms with van der Waals surface area (Å²) in [6, 6.07) is -0.887. The first-order chi connectivity index (χ1) is 39.5. The number of nitrogens with zero attached hydrogens (tertiary/aromatic N) is 1. The number of aliphatic hydroxyl groups excluding tert-OH is 1. The molecule has 0 aliphatic heterocycles. The van der Waals surface area contributed by atoms with Crippen LogP contribution in [-0.4, -0.2) is 73.4 Å². The van der Waals surface area contributed by atoms with Crippen LogP contribution < -0.4 is 5.32 Å². The van der Waals surface area contributed by atoms with Crippen molar-refractivity contribution in [1.82, 2.24) is 5.32 Å². The van der Waals surface area contributed by atoms with Crippen LogP contribution in [0.4, 0.5) is 0 Å². The highest BCUT2D eigenvalue weighted by atomic mass is 31.2. The third-order valence-electron chi connectivity index (χ3n) is 13.5. The Bertz CT molecular complexity index is 1870. The minimum atomic E-state index is -4.38. The lowest BCUT2D eigenvalue weighted by atomic mass is 10.0. The van der Waals surface area contributed by atoms with Gasteiger partial charge in [0, 0.05) is 6.42 Å². The van der Waals surface area contributed by atoms with Gasteiger partial charge in [0.15, 0.2) is 0 Å². The molecule has 0 aromatic carbocycles. The van der Waals surface area contributed by atoms with E-state index in [0.29, 0.717) is 17.4 Å². The summed E-state index contributed by atoms with van der Waals surface area (Å²) in [4.78, 5) is 23.3. The smallest absolute Gasteiger partial charge is 0.387 e. The number of amides is 1. The Balaban J connectivity index is 4.25. The lowest BCUT2D eigenvalue weighted by Crippen LogP contribution is -2.45. The van der Waals surface area contributed by atoms with Crippen LogP contribution in [0.3, 0.4) is 0 Å². The van der Waals surface area contributed by atoms with E-state index in [1.165, 1.54) is 89.9 Å². The molecule has 0 aliphatic rings. The van der Waals surface area contributed by atoms with Crippen LogP contribution >= 0.6 is 7.82 Å².